The van der Waals surface area contributed by atoms with Crippen LogP contribution in [0.2, 0.25) is 25.7 Å². The number of nitrogens with one attached hydrogen (secondary N) is 1. The minimum Gasteiger partial charge on any atom is -0.480 e. The van der Waals surface area contributed by atoms with Gasteiger partial charge in [-0.1, -0.05) is 19.6 Å². The maximum atomic E-state index is 13.4. The highest BCUT2D eigenvalue weighted by Gasteiger charge is 2.39. The van der Waals surface area contributed by atoms with Crippen molar-refractivity contribution in [1.82, 2.24) is 9.78 Å². The molecule has 0 unspecified atom stereocenters. The number of halogens is 3. The molecule has 0 fully saturated rings. The second-order valence-electron chi connectivity index (χ2n) is 7.28. The first-order valence-corrected chi connectivity index (χ1v) is 11.9. The average Bonchev–Trinajstić information content (AvgIpc) is 2.47. The molecule has 0 bridgehead atoms. The van der Waals surface area contributed by atoms with Crippen LogP contribution in [0.25, 0.3) is 0 Å². The van der Waals surface area contributed by atoms with Gasteiger partial charge in [0.05, 0.1) is 18.0 Å². The van der Waals surface area contributed by atoms with E-state index in [1.54, 1.807) is 0 Å². The Morgan fingerprint density at radius 3 is 2.44 bits per heavy atom. The van der Waals surface area contributed by atoms with E-state index in [4.69, 9.17) is 9.84 Å². The molecule has 27 heavy (non-hydrogen) atoms. The van der Waals surface area contributed by atoms with Gasteiger partial charge in [-0.25, -0.2) is 9.48 Å². The van der Waals surface area contributed by atoms with E-state index in [1.807, 2.05) is 5.32 Å². The van der Waals surface area contributed by atoms with Crippen LogP contribution in [0.5, 0.6) is 0 Å². The zero-order valence-electron chi connectivity index (χ0n) is 15.5. The summed E-state index contributed by atoms with van der Waals surface area (Å²) >= 11 is 0. The van der Waals surface area contributed by atoms with Gasteiger partial charge < -0.3 is 20.3 Å². The van der Waals surface area contributed by atoms with Gasteiger partial charge in [-0.3, -0.25) is 4.79 Å². The number of carbonyl (C=O) groups is 1. The van der Waals surface area contributed by atoms with Crippen LogP contribution in [0.15, 0.2) is 11.0 Å². The summed E-state index contributed by atoms with van der Waals surface area (Å²) in [7, 11) is -1.40. The lowest BCUT2D eigenvalue weighted by Gasteiger charge is -2.21. The molecule has 2 atom stereocenters. The van der Waals surface area contributed by atoms with Crippen LogP contribution in [0.1, 0.15) is 12.5 Å². The molecule has 0 saturated heterocycles. The van der Waals surface area contributed by atoms with E-state index in [0.29, 0.717) is 10.9 Å². The molecule has 0 aliphatic heterocycles. The molecule has 0 aliphatic carbocycles. The summed E-state index contributed by atoms with van der Waals surface area (Å²) in [4.78, 5) is 23.3. The highest BCUT2D eigenvalue weighted by atomic mass is 28.3. The van der Waals surface area contributed by atoms with Crippen molar-refractivity contribution in [1.29, 1.82) is 0 Å². The summed E-state index contributed by atoms with van der Waals surface area (Å²) in [5, 5.41) is 24.1. The zero-order valence-corrected chi connectivity index (χ0v) is 16.5. The van der Waals surface area contributed by atoms with E-state index in [0.717, 1.165) is 13.0 Å². The van der Waals surface area contributed by atoms with Gasteiger partial charge in [0.2, 0.25) is 0 Å². The number of aliphatic hydroxyl groups excluding tert-OH is 1. The topological polar surface area (TPSA) is 114 Å². The van der Waals surface area contributed by atoms with E-state index in [9.17, 15) is 27.9 Å². The average molecular weight is 411 g/mol. The van der Waals surface area contributed by atoms with Crippen LogP contribution in [-0.4, -0.2) is 52.8 Å². The first kappa shape index (κ1) is 23.1. The fraction of sp³-hybridized carbons (Fsp3) is 0.667. The van der Waals surface area contributed by atoms with Gasteiger partial charge in [0.1, 0.15) is 12.3 Å². The predicted molar refractivity (Wildman–Crippen MR) is 94.3 cm³/mol. The molecule has 8 nitrogen and oxygen atoms in total. The molecule has 0 saturated carbocycles. The predicted octanol–water partition coefficient (Wildman–Crippen LogP) is 1.82. The number of aliphatic carboxylic acids is 1. The van der Waals surface area contributed by atoms with Gasteiger partial charge in [0, 0.05) is 14.7 Å². The second kappa shape index (κ2) is 8.84. The van der Waals surface area contributed by atoms with Crippen molar-refractivity contribution in [3.8, 4) is 0 Å². The molecule has 1 heterocycles. The summed E-state index contributed by atoms with van der Waals surface area (Å²) in [6.45, 7) is 7.23. The van der Waals surface area contributed by atoms with E-state index in [1.165, 1.54) is 0 Å². The third-order valence-electron chi connectivity index (χ3n) is 3.60. The number of rotatable bonds is 9. The van der Waals surface area contributed by atoms with Crippen molar-refractivity contribution in [2.75, 3.05) is 11.9 Å². The number of hydrogen-bond acceptors (Lipinski definition) is 6. The Kier molecular flexibility index (Phi) is 7.57. The monoisotopic (exact) mass is 411 g/mol. The number of aromatic nitrogens is 2. The van der Waals surface area contributed by atoms with Gasteiger partial charge in [0.15, 0.2) is 6.04 Å². The highest BCUT2D eigenvalue weighted by molar-refractivity contribution is 6.76. The van der Waals surface area contributed by atoms with E-state index >= 15 is 0 Å². The molecular weight excluding hydrogens is 387 g/mol. The van der Waals surface area contributed by atoms with Crippen molar-refractivity contribution in [3.05, 3.63) is 22.1 Å². The first-order chi connectivity index (χ1) is 12.2. The van der Waals surface area contributed by atoms with E-state index in [-0.39, 0.29) is 6.61 Å². The minimum atomic E-state index is -5.05. The smallest absolute Gasteiger partial charge is 0.423 e. The van der Waals surface area contributed by atoms with Crippen molar-refractivity contribution in [3.63, 3.8) is 0 Å². The van der Waals surface area contributed by atoms with Gasteiger partial charge in [-0.15, -0.1) is 0 Å². The number of hydrogen-bond donors (Lipinski definition) is 3. The molecular formula is C15H24F3N3O5Si. The third-order valence-corrected chi connectivity index (χ3v) is 5.30. The van der Waals surface area contributed by atoms with E-state index < -0.39 is 55.9 Å². The Labute approximate surface area is 155 Å². The normalized spacial score (nSPS) is 14.7. The standard InChI is InChI=1S/C15H24F3N3O5Si/c1-9(22)12(14(24)25)20-10-7-19-21(8-26-5-6-27(2,3)4)13(23)11(10)15(16,17)18/h7,9,12,20,22H,5-6,8H2,1-4H3,(H,24,25)/t9-,12+/m1/s1. The van der Waals surface area contributed by atoms with Crippen LogP contribution in [0, 0.1) is 0 Å². The summed E-state index contributed by atoms with van der Waals surface area (Å²) in [6.07, 6.45) is -5.86. The number of anilines is 1. The van der Waals surface area contributed by atoms with Gasteiger partial charge in [0.25, 0.3) is 5.56 Å². The lowest BCUT2D eigenvalue weighted by Crippen LogP contribution is -2.41. The Bertz CT molecular complexity index is 716. The van der Waals surface area contributed by atoms with Crippen molar-refractivity contribution < 1.29 is 32.9 Å². The molecule has 0 aliphatic rings. The Morgan fingerprint density at radius 1 is 1.41 bits per heavy atom. The largest absolute Gasteiger partial charge is 0.480 e. The van der Waals surface area contributed by atoms with E-state index in [2.05, 4.69) is 24.7 Å². The second-order valence-corrected chi connectivity index (χ2v) is 12.9. The Morgan fingerprint density at radius 2 is 2.00 bits per heavy atom. The van der Waals surface area contributed by atoms with Crippen molar-refractivity contribution in [2.24, 2.45) is 0 Å². The van der Waals surface area contributed by atoms with Gasteiger partial charge in [-0.2, -0.15) is 18.3 Å². The zero-order chi connectivity index (χ0) is 21.0. The van der Waals surface area contributed by atoms with Gasteiger partial charge in [-0.05, 0) is 13.0 Å². The number of ether oxygens (including phenoxy) is 1. The van der Waals surface area contributed by atoms with Crippen molar-refractivity contribution >= 4 is 19.7 Å². The lowest BCUT2D eigenvalue weighted by atomic mass is 10.1. The molecule has 0 amide bonds. The van der Waals surface area contributed by atoms with Gasteiger partial charge >= 0.3 is 12.1 Å². The molecule has 1 rings (SSSR count). The molecule has 0 radical (unpaired) electrons. The SMILES string of the molecule is C[C@@H](O)[C@H](Nc1cnn(COCC[Si](C)(C)C)c(=O)c1C(F)(F)F)C(=O)O. The molecule has 1 aromatic heterocycles. The lowest BCUT2D eigenvalue weighted by molar-refractivity contribution is -0.141. The number of nitrogens with zero attached hydrogens (tertiary/aromatic N) is 2. The number of carboxylic acid groups (broad SMARTS) is 1. The summed E-state index contributed by atoms with van der Waals surface area (Å²) < 4.78 is 45.9. The minimum absolute atomic E-state index is 0.286. The van der Waals surface area contributed by atoms with Crippen molar-refractivity contribution in [2.45, 2.75) is 57.7 Å². The third kappa shape index (κ3) is 6.95. The number of aliphatic hydroxyl groups is 1. The van der Waals surface area contributed by atoms with Crippen LogP contribution in [0.3, 0.4) is 0 Å². The van der Waals surface area contributed by atoms with Crippen LogP contribution >= 0.6 is 0 Å². The molecule has 12 heteroatoms. The fourth-order valence-electron chi connectivity index (χ4n) is 2.05. The molecule has 1 aromatic rings. The van der Waals surface area contributed by atoms with Crippen LogP contribution < -0.4 is 10.9 Å². The van der Waals surface area contributed by atoms with Crippen LogP contribution in [-0.2, 0) is 22.4 Å². The maximum Gasteiger partial charge on any atom is 0.423 e. The summed E-state index contributed by atoms with van der Waals surface area (Å²) in [5.41, 5.74) is -3.88. The highest BCUT2D eigenvalue weighted by Crippen LogP contribution is 2.32. The molecule has 0 aromatic carbocycles. The maximum absolute atomic E-state index is 13.4. The quantitative estimate of drug-likeness (QED) is 0.420. The number of carboxylic acids is 1. The fourth-order valence-corrected chi connectivity index (χ4v) is 2.81. The number of alkyl halides is 3. The Hall–Kier alpha value is -1.92. The first-order valence-electron chi connectivity index (χ1n) is 8.16. The van der Waals surface area contributed by atoms with Crippen LogP contribution in [0.4, 0.5) is 18.9 Å². The summed E-state index contributed by atoms with van der Waals surface area (Å²) in [5.74, 6) is -1.57. The molecule has 0 spiro atoms. The summed E-state index contributed by atoms with van der Waals surface area (Å²) in [6, 6.07) is -0.974. The molecule has 154 valence electrons. The Balaban J connectivity index is 3.13. The molecule has 3 N–H and O–H groups in total.